The van der Waals surface area contributed by atoms with Crippen LogP contribution in [0.5, 0.6) is 11.6 Å². The quantitative estimate of drug-likeness (QED) is 0.648. The zero-order valence-electron chi connectivity index (χ0n) is 8.37. The Bertz CT molecular complexity index is 350. The molecule has 2 rings (SSSR count). The number of hydrogen-bond donors (Lipinski definition) is 2. The fraction of sp³-hybridized carbons (Fsp3) is 0.500. The fourth-order valence-electron chi connectivity index (χ4n) is 1.51. The molecule has 2 N–H and O–H groups in total. The lowest BCUT2D eigenvalue weighted by Crippen LogP contribution is -2.37. The van der Waals surface area contributed by atoms with Gasteiger partial charge in [0.25, 0.3) is 0 Å². The van der Waals surface area contributed by atoms with Crippen molar-refractivity contribution in [2.24, 2.45) is 0 Å². The van der Waals surface area contributed by atoms with E-state index >= 15 is 0 Å². The maximum Gasteiger partial charge on any atom is 0.211 e. The summed E-state index contributed by atoms with van der Waals surface area (Å²) in [6.45, 7) is 5.43. The minimum absolute atomic E-state index is 0.0360. The van der Waals surface area contributed by atoms with E-state index in [1.807, 2.05) is 13.8 Å². The van der Waals surface area contributed by atoms with Crippen LogP contribution in [0.4, 0.5) is 0 Å². The van der Waals surface area contributed by atoms with E-state index in [1.54, 1.807) is 12.1 Å². The van der Waals surface area contributed by atoms with E-state index < -0.39 is 0 Å². The number of fused-ring (bicyclic) bond motifs is 1. The highest BCUT2D eigenvalue weighted by Gasteiger charge is 2.24. The molecule has 4 nitrogen and oxygen atoms in total. The molecule has 0 spiro atoms. The number of ether oxygens (including phenoxy) is 1. The average molecular weight is 194 g/mol. The maximum atomic E-state index is 9.22. The van der Waals surface area contributed by atoms with Crippen LogP contribution in [0.2, 0.25) is 0 Å². The molecular weight excluding hydrogens is 180 g/mol. The Morgan fingerprint density at radius 3 is 3.07 bits per heavy atom. The summed E-state index contributed by atoms with van der Waals surface area (Å²) in [6.07, 6.45) is 0. The number of aromatic hydroxyl groups is 1. The predicted octanol–water partition coefficient (Wildman–Crippen LogP) is 1.05. The van der Waals surface area contributed by atoms with Gasteiger partial charge in [0, 0.05) is 19.2 Å². The zero-order valence-corrected chi connectivity index (χ0v) is 8.37. The Balaban J connectivity index is 2.37. The Kier molecular flexibility index (Phi) is 2.07. The van der Waals surface area contributed by atoms with Crippen LogP contribution >= 0.6 is 0 Å². The van der Waals surface area contributed by atoms with E-state index in [4.69, 9.17) is 4.74 Å². The summed E-state index contributed by atoms with van der Waals surface area (Å²) in [4.78, 5) is 4.01. The molecule has 0 atom stereocenters. The van der Waals surface area contributed by atoms with E-state index in [0.29, 0.717) is 6.54 Å². The SMILES string of the molecule is CC1(C)CNCc2nc(O)ccc2O1. The van der Waals surface area contributed by atoms with Crippen LogP contribution in [-0.4, -0.2) is 22.2 Å². The Hall–Kier alpha value is -1.29. The van der Waals surface area contributed by atoms with Crippen LogP contribution < -0.4 is 10.1 Å². The molecule has 0 amide bonds. The van der Waals surface area contributed by atoms with Gasteiger partial charge in [-0.15, -0.1) is 0 Å². The van der Waals surface area contributed by atoms with Crippen LogP contribution in [-0.2, 0) is 6.54 Å². The molecule has 1 aliphatic rings. The van der Waals surface area contributed by atoms with Crippen molar-refractivity contribution < 1.29 is 9.84 Å². The van der Waals surface area contributed by atoms with Gasteiger partial charge in [-0.3, -0.25) is 0 Å². The molecule has 0 aliphatic carbocycles. The first-order valence-corrected chi connectivity index (χ1v) is 4.65. The Morgan fingerprint density at radius 1 is 1.50 bits per heavy atom. The van der Waals surface area contributed by atoms with Crippen molar-refractivity contribution >= 4 is 0 Å². The largest absolute Gasteiger partial charge is 0.493 e. The van der Waals surface area contributed by atoms with Gasteiger partial charge in [0.2, 0.25) is 5.88 Å². The molecule has 76 valence electrons. The second-order valence-corrected chi connectivity index (χ2v) is 4.08. The fourth-order valence-corrected chi connectivity index (χ4v) is 1.51. The van der Waals surface area contributed by atoms with Crippen LogP contribution in [0.25, 0.3) is 0 Å². The molecule has 4 heteroatoms. The molecule has 0 unspecified atom stereocenters. The van der Waals surface area contributed by atoms with Gasteiger partial charge in [0.15, 0.2) is 0 Å². The van der Waals surface area contributed by atoms with Crippen LogP contribution in [0.15, 0.2) is 12.1 Å². The van der Waals surface area contributed by atoms with Crippen molar-refractivity contribution in [1.82, 2.24) is 10.3 Å². The summed E-state index contributed by atoms with van der Waals surface area (Å²) in [7, 11) is 0. The third-order valence-electron chi connectivity index (χ3n) is 2.15. The van der Waals surface area contributed by atoms with Gasteiger partial charge < -0.3 is 15.2 Å². The summed E-state index contributed by atoms with van der Waals surface area (Å²) in [5, 5.41) is 12.4. The number of nitrogens with one attached hydrogen (secondary N) is 1. The van der Waals surface area contributed by atoms with E-state index in [2.05, 4.69) is 10.3 Å². The van der Waals surface area contributed by atoms with Gasteiger partial charge in [-0.1, -0.05) is 0 Å². The third-order valence-corrected chi connectivity index (χ3v) is 2.15. The first-order valence-electron chi connectivity index (χ1n) is 4.65. The molecule has 0 bridgehead atoms. The summed E-state index contributed by atoms with van der Waals surface area (Å²) in [5.74, 6) is 0.784. The highest BCUT2D eigenvalue weighted by atomic mass is 16.5. The molecule has 1 aliphatic heterocycles. The monoisotopic (exact) mass is 194 g/mol. The van der Waals surface area contributed by atoms with Crippen LogP contribution in [0, 0.1) is 0 Å². The molecule has 1 aromatic heterocycles. The van der Waals surface area contributed by atoms with E-state index in [9.17, 15) is 5.11 Å². The smallest absolute Gasteiger partial charge is 0.211 e. The molecule has 0 saturated carbocycles. The van der Waals surface area contributed by atoms with E-state index in [0.717, 1.165) is 18.0 Å². The minimum atomic E-state index is -0.232. The van der Waals surface area contributed by atoms with Gasteiger partial charge in [-0.25, -0.2) is 4.98 Å². The van der Waals surface area contributed by atoms with Crippen molar-refractivity contribution in [3.8, 4) is 11.6 Å². The lowest BCUT2D eigenvalue weighted by molar-refractivity contribution is 0.114. The second-order valence-electron chi connectivity index (χ2n) is 4.08. The van der Waals surface area contributed by atoms with E-state index in [-0.39, 0.29) is 11.5 Å². The van der Waals surface area contributed by atoms with Gasteiger partial charge in [0.05, 0.1) is 0 Å². The normalized spacial score (nSPS) is 19.3. The Morgan fingerprint density at radius 2 is 2.29 bits per heavy atom. The second kappa shape index (κ2) is 3.13. The zero-order chi connectivity index (χ0) is 10.2. The van der Waals surface area contributed by atoms with Crippen molar-refractivity contribution in [3.63, 3.8) is 0 Å². The standard InChI is InChI=1S/C10H14N2O2/c1-10(2)6-11-5-7-8(14-10)3-4-9(13)12-7/h3-4,11H,5-6H2,1-2H3,(H,12,13). The molecule has 0 fully saturated rings. The van der Waals surface area contributed by atoms with Gasteiger partial charge in [0.1, 0.15) is 17.0 Å². The minimum Gasteiger partial charge on any atom is -0.493 e. The van der Waals surface area contributed by atoms with Gasteiger partial charge in [-0.2, -0.15) is 0 Å². The van der Waals surface area contributed by atoms with Crippen molar-refractivity contribution in [2.75, 3.05) is 6.54 Å². The topological polar surface area (TPSA) is 54.4 Å². The van der Waals surface area contributed by atoms with Crippen molar-refractivity contribution in [3.05, 3.63) is 17.8 Å². The molecule has 1 aromatic rings. The first-order chi connectivity index (χ1) is 6.57. The first kappa shape index (κ1) is 9.27. The highest BCUT2D eigenvalue weighted by Crippen LogP contribution is 2.26. The Labute approximate surface area is 82.9 Å². The molecule has 0 aromatic carbocycles. The van der Waals surface area contributed by atoms with Gasteiger partial charge >= 0.3 is 0 Å². The summed E-state index contributed by atoms with van der Waals surface area (Å²) in [6, 6.07) is 3.30. The molecule has 0 saturated heterocycles. The lowest BCUT2D eigenvalue weighted by Gasteiger charge is -2.24. The molecule has 0 radical (unpaired) electrons. The number of hydrogen-bond acceptors (Lipinski definition) is 4. The van der Waals surface area contributed by atoms with E-state index in [1.165, 1.54) is 0 Å². The summed E-state index contributed by atoms with van der Waals surface area (Å²) in [5.41, 5.74) is 0.528. The number of aromatic nitrogens is 1. The molecule has 2 heterocycles. The van der Waals surface area contributed by atoms with Crippen molar-refractivity contribution in [2.45, 2.75) is 26.0 Å². The maximum absolute atomic E-state index is 9.22. The summed E-state index contributed by atoms with van der Waals surface area (Å²) >= 11 is 0. The van der Waals surface area contributed by atoms with Crippen molar-refractivity contribution in [1.29, 1.82) is 0 Å². The number of rotatable bonds is 0. The number of pyridine rings is 1. The predicted molar refractivity (Wildman–Crippen MR) is 52.3 cm³/mol. The number of nitrogens with zero attached hydrogens (tertiary/aromatic N) is 1. The van der Waals surface area contributed by atoms with Crippen LogP contribution in [0.1, 0.15) is 19.5 Å². The average Bonchev–Trinajstić information content (AvgIpc) is 2.22. The lowest BCUT2D eigenvalue weighted by atomic mass is 10.1. The summed E-state index contributed by atoms with van der Waals surface area (Å²) < 4.78 is 5.76. The molecular formula is C10H14N2O2. The van der Waals surface area contributed by atoms with Gasteiger partial charge in [-0.05, 0) is 19.9 Å². The molecule has 14 heavy (non-hydrogen) atoms. The third kappa shape index (κ3) is 1.80. The highest BCUT2D eigenvalue weighted by molar-refractivity contribution is 5.32. The van der Waals surface area contributed by atoms with Crippen LogP contribution in [0.3, 0.4) is 0 Å².